The third kappa shape index (κ3) is 14.3. The van der Waals surface area contributed by atoms with Crippen molar-refractivity contribution in [1.29, 1.82) is 0 Å². The number of anilines is 1. The van der Waals surface area contributed by atoms with E-state index in [1.54, 1.807) is 53.7 Å². The number of carboxylic acid groups (broad SMARTS) is 1. The molecule has 0 fully saturated rings. The maximum Gasteiger partial charge on any atom is 0.412 e. The van der Waals surface area contributed by atoms with Crippen LogP contribution in [0.1, 0.15) is 72.8 Å². The Balaban J connectivity index is 1.71. The number of aromatic nitrogens is 1. The number of nitrogens with one attached hydrogen (secondary N) is 3. The molecule has 3 atom stereocenters. The molecule has 0 aliphatic rings. The van der Waals surface area contributed by atoms with Gasteiger partial charge in [0.15, 0.2) is 6.04 Å². The summed E-state index contributed by atoms with van der Waals surface area (Å²) in [5.74, 6) is -2.26. The van der Waals surface area contributed by atoms with Gasteiger partial charge in [0.1, 0.15) is 29.7 Å². The number of hydrogen-bond acceptors (Lipinski definition) is 8. The zero-order valence-corrected chi connectivity index (χ0v) is 31.7. The third-order valence-electron chi connectivity index (χ3n) is 7.74. The fourth-order valence-electron chi connectivity index (χ4n) is 5.25. The molecule has 0 spiro atoms. The summed E-state index contributed by atoms with van der Waals surface area (Å²) < 4.78 is 44.5. The average molecular weight is 764 g/mol. The van der Waals surface area contributed by atoms with Crippen molar-refractivity contribution in [2.75, 3.05) is 19.0 Å². The zero-order chi connectivity index (χ0) is 39.5. The van der Waals surface area contributed by atoms with Crippen molar-refractivity contribution in [3.63, 3.8) is 0 Å². The second-order valence-corrected chi connectivity index (χ2v) is 14.8. The maximum atomic E-state index is 14.0. The highest BCUT2D eigenvalue weighted by atomic mass is 35.5. The summed E-state index contributed by atoms with van der Waals surface area (Å²) in [7, 11) is 1.50. The van der Waals surface area contributed by atoms with Crippen molar-refractivity contribution in [1.82, 2.24) is 20.5 Å². The number of hydrogen-bond donors (Lipinski definition) is 4. The highest BCUT2D eigenvalue weighted by Gasteiger charge is 2.35. The number of carboxylic acids is 1. The molecule has 2 aromatic carbocycles. The lowest BCUT2D eigenvalue weighted by molar-refractivity contribution is -0.149. The van der Waals surface area contributed by atoms with Gasteiger partial charge in [-0.15, -0.1) is 0 Å². The number of carbonyl (C=O) groups excluding carboxylic acids is 3. The van der Waals surface area contributed by atoms with Crippen LogP contribution in [0.5, 0.6) is 0 Å². The van der Waals surface area contributed by atoms with Crippen LogP contribution in [0.3, 0.4) is 0 Å². The number of likely N-dealkylation sites (N-methyl/N-ethyl adjacent to an activating group) is 1. The first kappa shape index (κ1) is 42.7. The van der Waals surface area contributed by atoms with Crippen LogP contribution in [0.4, 0.5) is 29.0 Å². The van der Waals surface area contributed by atoms with Crippen LogP contribution in [0.15, 0.2) is 48.7 Å². The number of halogens is 3. The molecule has 1 heterocycles. The lowest BCUT2D eigenvalue weighted by Gasteiger charge is -2.32. The van der Waals surface area contributed by atoms with E-state index in [-0.39, 0.29) is 30.4 Å². The van der Waals surface area contributed by atoms with Crippen LogP contribution in [0.2, 0.25) is 5.02 Å². The standard InChI is InChI=1S/C37H48ClF2N5O8/c1-36(2,3)52-28(31(32(46)47)44-35(50)53-37(4,5)6)14-9-8-12-26(45(7)33(48)42-20-23-11-10-13-27(40)30(23)38)21-51-34(49)43-29-18-24-17-25(39)16-15-22(24)19-41-29/h10-11,13,15-19,26,28,31H,8-9,12,14,20-21H2,1-7H3,(H,42,48)(H,44,50)(H,46,47)(H,41,43,49)/t26-,28?,31-/m0/s1. The maximum absolute atomic E-state index is 14.0. The molecule has 16 heteroatoms. The Kier molecular flexibility index (Phi) is 15.2. The SMILES string of the molecule is CN(C(=O)NCc1cccc(F)c1Cl)[C@@H](CCCCC(OC(C)(C)C)[C@H](NC(=O)OC(C)(C)C)C(=O)O)COC(=O)Nc1cc2cc(F)ccc2cn1. The van der Waals surface area contributed by atoms with E-state index in [0.29, 0.717) is 35.6 Å². The number of fused-ring (bicyclic) bond motifs is 1. The number of carbonyl (C=O) groups is 4. The molecule has 0 bridgehead atoms. The minimum Gasteiger partial charge on any atom is -0.480 e. The minimum absolute atomic E-state index is 0.0743. The first-order valence-electron chi connectivity index (χ1n) is 17.0. The molecule has 0 saturated heterocycles. The minimum atomic E-state index is -1.42. The topological polar surface area (TPSA) is 168 Å². The number of ether oxygens (including phenoxy) is 3. The molecule has 4 amide bonds. The average Bonchev–Trinajstić information content (AvgIpc) is 3.04. The number of alkyl carbamates (subject to hydrolysis) is 1. The van der Waals surface area contributed by atoms with Crippen molar-refractivity contribution in [2.45, 2.75) is 103 Å². The van der Waals surface area contributed by atoms with Crippen molar-refractivity contribution in [2.24, 2.45) is 0 Å². The van der Waals surface area contributed by atoms with E-state index in [1.807, 2.05) is 0 Å². The first-order chi connectivity index (χ1) is 24.7. The van der Waals surface area contributed by atoms with Crippen LogP contribution in [-0.2, 0) is 25.5 Å². The number of unbranched alkanes of at least 4 members (excludes halogenated alkanes) is 1. The van der Waals surface area contributed by atoms with Crippen LogP contribution in [0, 0.1) is 11.6 Å². The second kappa shape index (κ2) is 18.8. The van der Waals surface area contributed by atoms with Crippen molar-refractivity contribution >= 4 is 52.4 Å². The van der Waals surface area contributed by atoms with E-state index in [2.05, 4.69) is 20.9 Å². The van der Waals surface area contributed by atoms with Gasteiger partial charge in [0.25, 0.3) is 0 Å². The quantitative estimate of drug-likeness (QED) is 0.114. The smallest absolute Gasteiger partial charge is 0.412 e. The highest BCUT2D eigenvalue weighted by Crippen LogP contribution is 2.23. The summed E-state index contributed by atoms with van der Waals surface area (Å²) in [6.07, 6.45) is 0.0886. The van der Waals surface area contributed by atoms with Crippen molar-refractivity contribution in [3.05, 3.63) is 70.9 Å². The van der Waals surface area contributed by atoms with Gasteiger partial charge in [0.05, 0.1) is 22.8 Å². The molecule has 0 radical (unpaired) electrons. The molecular weight excluding hydrogens is 716 g/mol. The van der Waals surface area contributed by atoms with E-state index < -0.39 is 65.2 Å². The number of benzene rings is 2. The summed E-state index contributed by atoms with van der Waals surface area (Å²) in [6, 6.07) is 7.24. The van der Waals surface area contributed by atoms with Crippen LogP contribution in [0.25, 0.3) is 10.8 Å². The van der Waals surface area contributed by atoms with Crippen molar-refractivity contribution < 1.29 is 47.3 Å². The summed E-state index contributed by atoms with van der Waals surface area (Å²) >= 11 is 6.05. The van der Waals surface area contributed by atoms with Gasteiger partial charge in [-0.05, 0) is 95.7 Å². The molecule has 0 aliphatic heterocycles. The molecule has 0 saturated carbocycles. The Morgan fingerprint density at radius 3 is 2.30 bits per heavy atom. The van der Waals surface area contributed by atoms with Gasteiger partial charge >= 0.3 is 24.2 Å². The number of aliphatic carboxylic acids is 1. The van der Waals surface area contributed by atoms with E-state index in [1.165, 1.54) is 48.5 Å². The van der Waals surface area contributed by atoms with Gasteiger partial charge < -0.3 is 34.9 Å². The summed E-state index contributed by atoms with van der Waals surface area (Å²) in [4.78, 5) is 56.4. The van der Waals surface area contributed by atoms with Gasteiger partial charge in [-0.3, -0.25) is 5.32 Å². The van der Waals surface area contributed by atoms with Gasteiger partial charge in [-0.1, -0.05) is 36.6 Å². The molecule has 3 rings (SSSR count). The van der Waals surface area contributed by atoms with E-state index in [0.717, 1.165) is 0 Å². The fraction of sp³-hybridized carbons (Fsp3) is 0.486. The van der Waals surface area contributed by atoms with Gasteiger partial charge in [-0.2, -0.15) is 0 Å². The normalized spacial score (nSPS) is 13.4. The van der Waals surface area contributed by atoms with Crippen LogP contribution >= 0.6 is 11.6 Å². The monoisotopic (exact) mass is 763 g/mol. The third-order valence-corrected chi connectivity index (χ3v) is 8.16. The Morgan fingerprint density at radius 1 is 0.943 bits per heavy atom. The number of amides is 4. The van der Waals surface area contributed by atoms with E-state index in [4.69, 9.17) is 25.8 Å². The molecule has 4 N–H and O–H groups in total. The van der Waals surface area contributed by atoms with E-state index in [9.17, 15) is 33.1 Å². The van der Waals surface area contributed by atoms with Crippen LogP contribution in [-0.4, -0.2) is 82.2 Å². The van der Waals surface area contributed by atoms with Gasteiger partial charge in [0, 0.05) is 25.2 Å². The molecule has 53 heavy (non-hydrogen) atoms. The Morgan fingerprint density at radius 2 is 1.64 bits per heavy atom. The summed E-state index contributed by atoms with van der Waals surface area (Å²) in [6.45, 7) is 9.94. The second-order valence-electron chi connectivity index (χ2n) is 14.4. The molecular formula is C37H48ClF2N5O8. The predicted molar refractivity (Wildman–Crippen MR) is 196 cm³/mol. The number of rotatable bonds is 15. The number of urea groups is 1. The van der Waals surface area contributed by atoms with Gasteiger partial charge in [-0.25, -0.2) is 32.9 Å². The van der Waals surface area contributed by atoms with Gasteiger partial charge in [0.2, 0.25) is 0 Å². The Labute approximate surface area is 312 Å². The highest BCUT2D eigenvalue weighted by molar-refractivity contribution is 6.31. The molecule has 290 valence electrons. The van der Waals surface area contributed by atoms with Crippen molar-refractivity contribution in [3.8, 4) is 0 Å². The Bertz CT molecular complexity index is 1750. The predicted octanol–water partition coefficient (Wildman–Crippen LogP) is 7.65. The molecule has 1 aromatic heterocycles. The first-order valence-corrected chi connectivity index (χ1v) is 17.4. The molecule has 1 unspecified atom stereocenters. The van der Waals surface area contributed by atoms with Crippen LogP contribution < -0.4 is 16.0 Å². The Hall–Kier alpha value is -4.76. The number of pyridine rings is 1. The molecule has 13 nitrogen and oxygen atoms in total. The molecule has 0 aliphatic carbocycles. The van der Waals surface area contributed by atoms with E-state index >= 15 is 0 Å². The lowest BCUT2D eigenvalue weighted by atomic mass is 10.0. The fourth-order valence-corrected chi connectivity index (χ4v) is 5.44. The molecule has 3 aromatic rings. The zero-order valence-electron chi connectivity index (χ0n) is 30.9. The largest absolute Gasteiger partial charge is 0.480 e. The lowest BCUT2D eigenvalue weighted by Crippen LogP contribution is -2.52. The summed E-state index contributed by atoms with van der Waals surface area (Å²) in [5, 5.41) is 18.7. The summed E-state index contributed by atoms with van der Waals surface area (Å²) in [5.41, 5.74) is -1.25. The number of nitrogens with zero attached hydrogens (tertiary/aromatic N) is 2.